The standard InChI is InChI=1S/C20H25FN2.C2H2O4/c1-2-17-7-9-18(10-8-17)15-22-11-13-23(14-12-22)16-19-5-3-4-6-20(19)21;3-1(4)2(5)6/h3-10H,2,11-16H2,1H3;(H,3,4)(H,5,6). The molecule has 0 saturated carbocycles. The van der Waals surface area contributed by atoms with Gasteiger partial charge in [0.15, 0.2) is 0 Å². The lowest BCUT2D eigenvalue weighted by Crippen LogP contribution is -2.45. The van der Waals surface area contributed by atoms with E-state index in [9.17, 15) is 4.39 Å². The fourth-order valence-corrected chi connectivity index (χ4v) is 3.11. The normalized spacial score (nSPS) is 14.7. The van der Waals surface area contributed by atoms with E-state index in [0.717, 1.165) is 44.7 Å². The van der Waals surface area contributed by atoms with Gasteiger partial charge in [-0.05, 0) is 23.6 Å². The summed E-state index contributed by atoms with van der Waals surface area (Å²) in [5.41, 5.74) is 3.57. The smallest absolute Gasteiger partial charge is 0.414 e. The highest BCUT2D eigenvalue weighted by molar-refractivity contribution is 6.27. The maximum atomic E-state index is 13.7. The third-order valence-corrected chi connectivity index (χ3v) is 4.84. The maximum absolute atomic E-state index is 13.7. The second-order valence-electron chi connectivity index (χ2n) is 6.92. The van der Waals surface area contributed by atoms with Crippen LogP contribution in [-0.4, -0.2) is 58.1 Å². The Hall–Kier alpha value is -2.77. The molecule has 1 heterocycles. The largest absolute Gasteiger partial charge is 0.473 e. The fourth-order valence-electron chi connectivity index (χ4n) is 3.11. The molecule has 2 aromatic carbocycles. The summed E-state index contributed by atoms with van der Waals surface area (Å²) in [6.07, 6.45) is 1.09. The lowest BCUT2D eigenvalue weighted by atomic mass is 10.1. The first-order valence-electron chi connectivity index (χ1n) is 9.61. The maximum Gasteiger partial charge on any atom is 0.414 e. The van der Waals surface area contributed by atoms with E-state index in [-0.39, 0.29) is 5.82 Å². The number of hydrogen-bond acceptors (Lipinski definition) is 4. The molecule has 2 N–H and O–H groups in total. The molecule has 3 rings (SSSR count). The number of aryl methyl sites for hydroxylation is 1. The molecular weight excluding hydrogens is 375 g/mol. The number of nitrogens with zero attached hydrogens (tertiary/aromatic N) is 2. The lowest BCUT2D eigenvalue weighted by molar-refractivity contribution is -0.159. The van der Waals surface area contributed by atoms with Gasteiger partial charge in [0.05, 0.1) is 0 Å². The predicted octanol–water partition coefficient (Wildman–Crippen LogP) is 2.86. The number of rotatable bonds is 5. The van der Waals surface area contributed by atoms with Crippen molar-refractivity contribution in [3.05, 3.63) is 71.0 Å². The summed E-state index contributed by atoms with van der Waals surface area (Å²) in [5, 5.41) is 14.8. The van der Waals surface area contributed by atoms with Crippen LogP contribution in [0.4, 0.5) is 4.39 Å². The Labute approximate surface area is 170 Å². The van der Waals surface area contributed by atoms with Crippen LogP contribution >= 0.6 is 0 Å². The molecule has 0 amide bonds. The van der Waals surface area contributed by atoms with Gasteiger partial charge in [-0.15, -0.1) is 0 Å². The molecular formula is C22H27FN2O4. The van der Waals surface area contributed by atoms with Crippen molar-refractivity contribution >= 4 is 11.9 Å². The minimum absolute atomic E-state index is 0.0917. The van der Waals surface area contributed by atoms with Crippen LogP contribution in [0, 0.1) is 5.82 Å². The summed E-state index contributed by atoms with van der Waals surface area (Å²) >= 11 is 0. The second kappa shape index (κ2) is 11.3. The molecule has 156 valence electrons. The molecule has 2 aromatic rings. The van der Waals surface area contributed by atoms with Gasteiger partial charge >= 0.3 is 11.9 Å². The zero-order valence-electron chi connectivity index (χ0n) is 16.6. The highest BCUT2D eigenvalue weighted by atomic mass is 19.1. The Bertz CT molecular complexity index is 791. The van der Waals surface area contributed by atoms with Crippen LogP contribution in [0.2, 0.25) is 0 Å². The molecule has 1 saturated heterocycles. The van der Waals surface area contributed by atoms with Crippen LogP contribution in [0.1, 0.15) is 23.6 Å². The summed E-state index contributed by atoms with van der Waals surface area (Å²) in [6.45, 7) is 8.00. The van der Waals surface area contributed by atoms with Gasteiger partial charge in [-0.3, -0.25) is 9.80 Å². The Morgan fingerprint density at radius 2 is 1.31 bits per heavy atom. The van der Waals surface area contributed by atoms with Crippen molar-refractivity contribution in [3.8, 4) is 0 Å². The minimum atomic E-state index is -1.82. The molecule has 0 aromatic heterocycles. The molecule has 1 fully saturated rings. The number of carboxylic acids is 2. The van der Waals surface area contributed by atoms with Gasteiger partial charge in [0.25, 0.3) is 0 Å². The predicted molar refractivity (Wildman–Crippen MR) is 108 cm³/mol. The lowest BCUT2D eigenvalue weighted by Gasteiger charge is -2.34. The summed E-state index contributed by atoms with van der Waals surface area (Å²) in [7, 11) is 0. The monoisotopic (exact) mass is 402 g/mol. The topological polar surface area (TPSA) is 81.1 Å². The number of carboxylic acid groups (broad SMARTS) is 2. The van der Waals surface area contributed by atoms with Crippen LogP contribution in [0.15, 0.2) is 48.5 Å². The molecule has 29 heavy (non-hydrogen) atoms. The van der Waals surface area contributed by atoms with E-state index in [1.165, 1.54) is 11.1 Å². The fraction of sp³-hybridized carbons (Fsp3) is 0.364. The molecule has 0 bridgehead atoms. The summed E-state index contributed by atoms with van der Waals surface area (Å²) in [6, 6.07) is 16.0. The van der Waals surface area contributed by atoms with Crippen molar-refractivity contribution in [1.29, 1.82) is 0 Å². The molecule has 0 spiro atoms. The number of benzene rings is 2. The number of aliphatic carboxylic acids is 2. The first-order valence-corrected chi connectivity index (χ1v) is 9.61. The van der Waals surface area contributed by atoms with Crippen molar-refractivity contribution in [1.82, 2.24) is 9.80 Å². The molecule has 0 radical (unpaired) electrons. The number of halogens is 1. The third kappa shape index (κ3) is 7.63. The van der Waals surface area contributed by atoms with E-state index in [0.29, 0.717) is 6.54 Å². The van der Waals surface area contributed by atoms with Crippen molar-refractivity contribution in [2.24, 2.45) is 0 Å². The quantitative estimate of drug-likeness (QED) is 0.749. The van der Waals surface area contributed by atoms with Crippen LogP contribution < -0.4 is 0 Å². The van der Waals surface area contributed by atoms with E-state index < -0.39 is 11.9 Å². The zero-order valence-corrected chi connectivity index (χ0v) is 16.6. The average Bonchev–Trinajstić information content (AvgIpc) is 2.72. The van der Waals surface area contributed by atoms with Gasteiger partial charge in [0.1, 0.15) is 5.82 Å². The SMILES string of the molecule is CCc1ccc(CN2CCN(Cc3ccccc3F)CC2)cc1.O=C(O)C(=O)O. The summed E-state index contributed by atoms with van der Waals surface area (Å²) in [5.74, 6) is -3.74. The molecule has 6 nitrogen and oxygen atoms in total. The molecule has 1 aliphatic heterocycles. The molecule has 1 aliphatic rings. The van der Waals surface area contributed by atoms with Gasteiger partial charge in [-0.1, -0.05) is 49.4 Å². The first kappa shape index (κ1) is 22.5. The molecule has 7 heteroatoms. The minimum Gasteiger partial charge on any atom is -0.473 e. The van der Waals surface area contributed by atoms with E-state index >= 15 is 0 Å². The number of piperazine rings is 1. The van der Waals surface area contributed by atoms with Gasteiger partial charge in [0.2, 0.25) is 0 Å². The van der Waals surface area contributed by atoms with E-state index in [1.807, 2.05) is 12.1 Å². The second-order valence-corrected chi connectivity index (χ2v) is 6.92. The van der Waals surface area contributed by atoms with Crippen LogP contribution in [-0.2, 0) is 29.1 Å². The third-order valence-electron chi connectivity index (χ3n) is 4.84. The Morgan fingerprint density at radius 3 is 1.79 bits per heavy atom. The van der Waals surface area contributed by atoms with E-state index in [4.69, 9.17) is 19.8 Å². The van der Waals surface area contributed by atoms with E-state index in [1.54, 1.807) is 12.1 Å². The van der Waals surface area contributed by atoms with Crippen LogP contribution in [0.3, 0.4) is 0 Å². The summed E-state index contributed by atoms with van der Waals surface area (Å²) in [4.78, 5) is 23.0. The van der Waals surface area contributed by atoms with Gasteiger partial charge in [0, 0.05) is 44.8 Å². The van der Waals surface area contributed by atoms with Gasteiger partial charge in [-0.25, -0.2) is 14.0 Å². The van der Waals surface area contributed by atoms with Crippen molar-refractivity contribution in [2.75, 3.05) is 26.2 Å². The highest BCUT2D eigenvalue weighted by Crippen LogP contribution is 2.14. The van der Waals surface area contributed by atoms with Crippen molar-refractivity contribution in [2.45, 2.75) is 26.4 Å². The Balaban J connectivity index is 0.000000438. The van der Waals surface area contributed by atoms with Crippen molar-refractivity contribution < 1.29 is 24.2 Å². The Kier molecular flexibility index (Phi) is 8.76. The average molecular weight is 402 g/mol. The van der Waals surface area contributed by atoms with Crippen molar-refractivity contribution in [3.63, 3.8) is 0 Å². The number of carbonyl (C=O) groups is 2. The Morgan fingerprint density at radius 1 is 0.828 bits per heavy atom. The van der Waals surface area contributed by atoms with Crippen LogP contribution in [0.25, 0.3) is 0 Å². The number of hydrogen-bond donors (Lipinski definition) is 2. The zero-order chi connectivity index (χ0) is 21.2. The summed E-state index contributed by atoms with van der Waals surface area (Å²) < 4.78 is 13.7. The van der Waals surface area contributed by atoms with Gasteiger partial charge in [-0.2, -0.15) is 0 Å². The van der Waals surface area contributed by atoms with E-state index in [2.05, 4.69) is 41.0 Å². The highest BCUT2D eigenvalue weighted by Gasteiger charge is 2.18. The molecule has 0 unspecified atom stereocenters. The molecule has 0 atom stereocenters. The first-order chi connectivity index (χ1) is 13.9. The molecule has 0 aliphatic carbocycles. The van der Waals surface area contributed by atoms with Gasteiger partial charge < -0.3 is 10.2 Å². The van der Waals surface area contributed by atoms with Crippen LogP contribution in [0.5, 0.6) is 0 Å².